The van der Waals surface area contributed by atoms with Crippen LogP contribution in [0.5, 0.6) is 0 Å². The normalized spacial score (nSPS) is 11.2. The molecule has 0 aliphatic rings. The van der Waals surface area contributed by atoms with E-state index in [9.17, 15) is 4.79 Å². The van der Waals surface area contributed by atoms with Gasteiger partial charge in [-0.3, -0.25) is 5.43 Å². The number of benzene rings is 2. The second-order valence-electron chi connectivity index (χ2n) is 4.43. The lowest BCUT2D eigenvalue weighted by Gasteiger charge is -2.07. The zero-order valence-corrected chi connectivity index (χ0v) is 12.1. The maximum absolute atomic E-state index is 10.9. The lowest BCUT2D eigenvalue weighted by molar-refractivity contribution is 0.0697. The number of carbonyl (C=O) groups is 1. The quantitative estimate of drug-likeness (QED) is 0.458. The Labute approximate surface area is 127 Å². The molecule has 0 heterocycles. The summed E-state index contributed by atoms with van der Waals surface area (Å²) in [5.74, 6) is -1.02. The molecular formula is C15H14ClN3O2. The van der Waals surface area contributed by atoms with Crippen LogP contribution in [0.15, 0.2) is 47.6 Å². The zero-order chi connectivity index (χ0) is 15.4. The fraction of sp³-hybridized carbons (Fsp3) is 0.0667. The summed E-state index contributed by atoms with van der Waals surface area (Å²) in [6.45, 7) is 1.82. The van der Waals surface area contributed by atoms with E-state index in [2.05, 4.69) is 10.5 Å². The van der Waals surface area contributed by atoms with E-state index in [1.165, 1.54) is 18.2 Å². The van der Waals surface area contributed by atoms with Gasteiger partial charge in [-0.2, -0.15) is 5.10 Å². The number of hydrogen-bond donors (Lipinski definition) is 3. The first-order valence-electron chi connectivity index (χ1n) is 6.16. The molecule has 108 valence electrons. The Balaban J connectivity index is 2.24. The van der Waals surface area contributed by atoms with E-state index in [4.69, 9.17) is 22.4 Å². The summed E-state index contributed by atoms with van der Waals surface area (Å²) >= 11 is 6.01. The fourth-order valence-electron chi connectivity index (χ4n) is 1.72. The fourth-order valence-corrected chi connectivity index (χ4v) is 1.88. The Bertz CT molecular complexity index is 714. The lowest BCUT2D eigenvalue weighted by Crippen LogP contribution is -2.02. The number of nitrogens with two attached hydrogens (primary N) is 1. The molecule has 0 aromatic heterocycles. The van der Waals surface area contributed by atoms with Gasteiger partial charge < -0.3 is 10.8 Å². The molecule has 0 bridgehead atoms. The first-order valence-corrected chi connectivity index (χ1v) is 6.54. The molecule has 4 N–H and O–H groups in total. The number of halogens is 1. The number of nitrogens with zero attached hydrogens (tertiary/aromatic N) is 1. The molecule has 5 nitrogen and oxygen atoms in total. The van der Waals surface area contributed by atoms with Crippen LogP contribution < -0.4 is 11.2 Å². The van der Waals surface area contributed by atoms with Crippen molar-refractivity contribution in [2.45, 2.75) is 6.92 Å². The Hall–Kier alpha value is -2.53. The number of rotatable bonds is 4. The van der Waals surface area contributed by atoms with Crippen LogP contribution in [0.4, 0.5) is 11.4 Å². The molecule has 0 spiro atoms. The average Bonchev–Trinajstić information content (AvgIpc) is 2.45. The van der Waals surface area contributed by atoms with Gasteiger partial charge in [-0.1, -0.05) is 23.7 Å². The summed E-state index contributed by atoms with van der Waals surface area (Å²) in [6.07, 6.45) is 0. The number of nitrogen functional groups attached to an aromatic ring is 1. The van der Waals surface area contributed by atoms with Gasteiger partial charge in [0.1, 0.15) is 0 Å². The molecule has 6 heteroatoms. The Morgan fingerprint density at radius 2 is 2.00 bits per heavy atom. The van der Waals surface area contributed by atoms with E-state index in [0.717, 1.165) is 5.56 Å². The third-order valence-corrected chi connectivity index (χ3v) is 3.19. The van der Waals surface area contributed by atoms with Gasteiger partial charge in [0.2, 0.25) is 0 Å². The van der Waals surface area contributed by atoms with E-state index in [1.54, 1.807) is 12.1 Å². The van der Waals surface area contributed by atoms with E-state index >= 15 is 0 Å². The van der Waals surface area contributed by atoms with Crippen LogP contribution in [0.2, 0.25) is 5.02 Å². The van der Waals surface area contributed by atoms with Gasteiger partial charge in [-0.15, -0.1) is 0 Å². The first kappa shape index (κ1) is 14.9. The molecule has 2 aromatic carbocycles. The maximum Gasteiger partial charge on any atom is 0.335 e. The summed E-state index contributed by atoms with van der Waals surface area (Å²) < 4.78 is 0. The number of nitrogens with one attached hydrogen (secondary N) is 1. The second-order valence-corrected chi connectivity index (χ2v) is 4.84. The van der Waals surface area contributed by atoms with Crippen molar-refractivity contribution in [1.29, 1.82) is 0 Å². The van der Waals surface area contributed by atoms with Gasteiger partial charge >= 0.3 is 5.97 Å². The molecule has 0 unspecified atom stereocenters. The molecule has 21 heavy (non-hydrogen) atoms. The van der Waals surface area contributed by atoms with Crippen molar-refractivity contribution in [3.05, 3.63) is 58.6 Å². The monoisotopic (exact) mass is 303 g/mol. The number of carboxylic acid groups (broad SMARTS) is 1. The third-order valence-electron chi connectivity index (χ3n) is 2.86. The average molecular weight is 304 g/mol. The van der Waals surface area contributed by atoms with Gasteiger partial charge in [0, 0.05) is 5.69 Å². The van der Waals surface area contributed by atoms with Gasteiger partial charge in [0.15, 0.2) is 0 Å². The molecule has 0 aliphatic carbocycles. The second kappa shape index (κ2) is 6.28. The minimum Gasteiger partial charge on any atom is -0.478 e. The highest BCUT2D eigenvalue weighted by atomic mass is 35.5. The first-order chi connectivity index (χ1) is 9.97. The van der Waals surface area contributed by atoms with Crippen LogP contribution in [0.25, 0.3) is 0 Å². The zero-order valence-electron chi connectivity index (χ0n) is 11.3. The molecule has 2 aromatic rings. The molecule has 2 rings (SSSR count). The van der Waals surface area contributed by atoms with Crippen LogP contribution in [0.3, 0.4) is 0 Å². The molecule has 0 amide bonds. The molecule has 0 aliphatic heterocycles. The topological polar surface area (TPSA) is 87.7 Å². The minimum absolute atomic E-state index is 0.138. The highest BCUT2D eigenvalue weighted by molar-refractivity contribution is 6.33. The predicted octanol–water partition coefficient (Wildman–Crippen LogP) is 3.46. The summed E-state index contributed by atoms with van der Waals surface area (Å²) in [6, 6.07) is 11.7. The van der Waals surface area contributed by atoms with Crippen molar-refractivity contribution in [2.75, 3.05) is 11.2 Å². The standard InChI is InChI=1S/C15H14ClN3O2/c1-9(10-3-2-4-12(17)7-10)18-19-14-8-11(15(20)21)5-6-13(14)16/h2-8,19H,17H2,1H3,(H,20,21)/b18-9-. The summed E-state index contributed by atoms with van der Waals surface area (Å²) in [5.41, 5.74) is 11.3. The summed E-state index contributed by atoms with van der Waals surface area (Å²) in [4.78, 5) is 10.9. The van der Waals surface area contributed by atoms with Gasteiger partial charge in [0.25, 0.3) is 0 Å². The van der Waals surface area contributed by atoms with E-state index in [1.807, 2.05) is 19.1 Å². The highest BCUT2D eigenvalue weighted by Crippen LogP contribution is 2.23. The number of anilines is 2. The Morgan fingerprint density at radius 3 is 2.67 bits per heavy atom. The van der Waals surface area contributed by atoms with Crippen molar-refractivity contribution in [1.82, 2.24) is 0 Å². The molecule has 0 atom stereocenters. The molecule has 0 fully saturated rings. The van der Waals surface area contributed by atoms with Crippen LogP contribution in [-0.2, 0) is 0 Å². The SMILES string of the molecule is C/C(=N/Nc1cc(C(=O)O)ccc1Cl)c1cccc(N)c1. The van der Waals surface area contributed by atoms with Gasteiger partial charge in [-0.05, 0) is 42.8 Å². The van der Waals surface area contributed by atoms with E-state index < -0.39 is 5.97 Å². The largest absolute Gasteiger partial charge is 0.478 e. The van der Waals surface area contributed by atoms with Crippen molar-refractivity contribution in [2.24, 2.45) is 5.10 Å². The van der Waals surface area contributed by atoms with Crippen molar-refractivity contribution < 1.29 is 9.90 Å². The van der Waals surface area contributed by atoms with Crippen LogP contribution in [0, 0.1) is 0 Å². The Morgan fingerprint density at radius 1 is 1.24 bits per heavy atom. The number of carboxylic acids is 1. The molecule has 0 radical (unpaired) electrons. The van der Waals surface area contributed by atoms with E-state index in [0.29, 0.717) is 22.1 Å². The number of aromatic carboxylic acids is 1. The predicted molar refractivity (Wildman–Crippen MR) is 85.1 cm³/mol. The smallest absolute Gasteiger partial charge is 0.335 e. The van der Waals surface area contributed by atoms with Crippen LogP contribution in [0.1, 0.15) is 22.8 Å². The van der Waals surface area contributed by atoms with Gasteiger partial charge in [0.05, 0.1) is 22.0 Å². The van der Waals surface area contributed by atoms with E-state index in [-0.39, 0.29) is 5.56 Å². The van der Waals surface area contributed by atoms with Crippen molar-refractivity contribution in [3.8, 4) is 0 Å². The number of hydrogen-bond acceptors (Lipinski definition) is 4. The van der Waals surface area contributed by atoms with Gasteiger partial charge in [-0.25, -0.2) is 4.79 Å². The van der Waals surface area contributed by atoms with Crippen LogP contribution in [-0.4, -0.2) is 16.8 Å². The lowest BCUT2D eigenvalue weighted by atomic mass is 10.1. The minimum atomic E-state index is -1.02. The van der Waals surface area contributed by atoms with Crippen molar-refractivity contribution in [3.63, 3.8) is 0 Å². The van der Waals surface area contributed by atoms with Crippen molar-refractivity contribution >= 4 is 34.7 Å². The summed E-state index contributed by atoms with van der Waals surface area (Å²) in [5, 5.41) is 13.6. The Kier molecular flexibility index (Phi) is 4.45. The van der Waals surface area contributed by atoms with Crippen LogP contribution >= 0.6 is 11.6 Å². The number of hydrazone groups is 1. The molecular weight excluding hydrogens is 290 g/mol. The highest BCUT2D eigenvalue weighted by Gasteiger charge is 2.07. The maximum atomic E-state index is 10.9. The molecule has 0 saturated heterocycles. The molecule has 0 saturated carbocycles. The summed E-state index contributed by atoms with van der Waals surface area (Å²) in [7, 11) is 0. The third kappa shape index (κ3) is 3.73.